The molecule has 4 heteroatoms. The summed E-state index contributed by atoms with van der Waals surface area (Å²) in [5.74, 6) is -1.67. The van der Waals surface area contributed by atoms with Crippen molar-refractivity contribution in [3.8, 4) is 0 Å². The summed E-state index contributed by atoms with van der Waals surface area (Å²) in [6.45, 7) is 3.55. The average Bonchev–Trinajstić information content (AvgIpc) is 2.65. The summed E-state index contributed by atoms with van der Waals surface area (Å²) in [4.78, 5) is 30.0. The summed E-state index contributed by atoms with van der Waals surface area (Å²) in [7, 11) is 0. The highest BCUT2D eigenvalue weighted by Crippen LogP contribution is 2.22. The van der Waals surface area contributed by atoms with Crippen LogP contribution in [0.5, 0.6) is 0 Å². The van der Waals surface area contributed by atoms with Crippen molar-refractivity contribution in [2.45, 2.75) is 26.4 Å². The second kappa shape index (κ2) is 7.91. The second-order valence-corrected chi connectivity index (χ2v) is 6.45. The first-order valence-electron chi connectivity index (χ1n) is 8.68. The van der Waals surface area contributed by atoms with Crippen LogP contribution in [0.1, 0.15) is 29.9 Å². The Morgan fingerprint density at radius 3 is 2.38 bits per heavy atom. The molecule has 3 rings (SSSR count). The smallest absolute Gasteiger partial charge is 0.317 e. The van der Waals surface area contributed by atoms with Gasteiger partial charge in [-0.1, -0.05) is 54.6 Å². The van der Waals surface area contributed by atoms with Gasteiger partial charge in [0, 0.05) is 29.3 Å². The zero-order chi connectivity index (χ0) is 18.5. The van der Waals surface area contributed by atoms with Crippen LogP contribution in [0.2, 0.25) is 0 Å². The van der Waals surface area contributed by atoms with Crippen molar-refractivity contribution >= 4 is 22.5 Å². The molecule has 2 aromatic carbocycles. The molecular formula is C22H21NO3. The highest BCUT2D eigenvalue weighted by atomic mass is 16.5. The van der Waals surface area contributed by atoms with Crippen LogP contribution in [0.3, 0.4) is 0 Å². The van der Waals surface area contributed by atoms with E-state index in [4.69, 9.17) is 4.74 Å². The molecule has 4 nitrogen and oxygen atoms in total. The fourth-order valence-electron chi connectivity index (χ4n) is 2.94. The maximum atomic E-state index is 13.0. The highest BCUT2D eigenvalue weighted by molar-refractivity contribution is 6.09. The van der Waals surface area contributed by atoms with Gasteiger partial charge in [0.2, 0.25) is 0 Å². The van der Waals surface area contributed by atoms with E-state index in [0.29, 0.717) is 5.56 Å². The Balaban J connectivity index is 1.97. The zero-order valence-electron chi connectivity index (χ0n) is 14.9. The van der Waals surface area contributed by atoms with Gasteiger partial charge in [-0.25, -0.2) is 0 Å². The third-order valence-electron chi connectivity index (χ3n) is 4.16. The zero-order valence-corrected chi connectivity index (χ0v) is 14.9. The first-order valence-corrected chi connectivity index (χ1v) is 8.68. The van der Waals surface area contributed by atoms with E-state index in [2.05, 4.69) is 4.98 Å². The molecule has 0 aliphatic rings. The number of benzene rings is 2. The maximum absolute atomic E-state index is 13.0. The van der Waals surface area contributed by atoms with Crippen molar-refractivity contribution in [3.63, 3.8) is 0 Å². The Hall–Kier alpha value is -3.01. The van der Waals surface area contributed by atoms with E-state index in [1.165, 1.54) is 0 Å². The topological polar surface area (TPSA) is 56.3 Å². The summed E-state index contributed by atoms with van der Waals surface area (Å²) < 4.78 is 5.35. The van der Waals surface area contributed by atoms with Crippen LogP contribution >= 0.6 is 0 Å². The quantitative estimate of drug-likeness (QED) is 0.380. The molecule has 0 amide bonds. The lowest BCUT2D eigenvalue weighted by Crippen LogP contribution is -2.30. The number of rotatable bonds is 6. The predicted octanol–water partition coefficient (Wildman–Crippen LogP) is 4.23. The highest BCUT2D eigenvalue weighted by Gasteiger charge is 2.31. The van der Waals surface area contributed by atoms with E-state index < -0.39 is 11.9 Å². The monoisotopic (exact) mass is 347 g/mol. The second-order valence-electron chi connectivity index (χ2n) is 6.45. The van der Waals surface area contributed by atoms with Crippen LogP contribution in [0, 0.1) is 5.92 Å². The summed E-state index contributed by atoms with van der Waals surface area (Å²) in [5.41, 5.74) is 1.22. The molecule has 0 saturated heterocycles. The van der Waals surface area contributed by atoms with Crippen molar-refractivity contribution in [2.24, 2.45) is 5.92 Å². The first-order chi connectivity index (χ1) is 12.6. The lowest BCUT2D eigenvalue weighted by atomic mass is 9.91. The van der Waals surface area contributed by atoms with Crippen molar-refractivity contribution in [3.05, 3.63) is 78.1 Å². The van der Waals surface area contributed by atoms with Crippen LogP contribution in [-0.2, 0) is 16.0 Å². The van der Waals surface area contributed by atoms with Gasteiger partial charge in [0.1, 0.15) is 5.92 Å². The molecule has 1 atom stereocenters. The Bertz CT molecular complexity index is 914. The van der Waals surface area contributed by atoms with Crippen LogP contribution in [0.25, 0.3) is 10.8 Å². The third-order valence-corrected chi connectivity index (χ3v) is 4.16. The molecule has 0 N–H and O–H groups in total. The molecule has 0 aliphatic carbocycles. The van der Waals surface area contributed by atoms with Gasteiger partial charge in [0.25, 0.3) is 0 Å². The standard InChI is InChI=1S/C22H21NO3/c1-15(2)26-22(25)19(21(24)17-9-4-3-5-10-17)14-20-18-11-7-6-8-16(18)12-13-23-20/h3-13,15,19H,14H2,1-2H3. The molecule has 3 aromatic rings. The Kier molecular flexibility index (Phi) is 5.42. The normalized spacial score (nSPS) is 12.1. The van der Waals surface area contributed by atoms with E-state index in [1.807, 2.05) is 36.4 Å². The summed E-state index contributed by atoms with van der Waals surface area (Å²) in [6.07, 6.45) is 1.63. The number of carbonyl (C=O) groups is 2. The van der Waals surface area contributed by atoms with Gasteiger partial charge in [0.15, 0.2) is 5.78 Å². The van der Waals surface area contributed by atoms with Gasteiger partial charge in [0.05, 0.1) is 6.10 Å². The molecule has 1 aromatic heterocycles. The molecule has 1 heterocycles. The Labute approximate surface area is 152 Å². The predicted molar refractivity (Wildman–Crippen MR) is 101 cm³/mol. The van der Waals surface area contributed by atoms with Crippen molar-refractivity contribution in [1.82, 2.24) is 4.98 Å². The van der Waals surface area contributed by atoms with Gasteiger partial charge in [-0.2, -0.15) is 0 Å². The van der Waals surface area contributed by atoms with Crippen LogP contribution in [0.15, 0.2) is 66.9 Å². The molecule has 1 unspecified atom stereocenters. The van der Waals surface area contributed by atoms with Gasteiger partial charge >= 0.3 is 5.97 Å². The molecule has 0 radical (unpaired) electrons. The number of hydrogen-bond acceptors (Lipinski definition) is 4. The summed E-state index contributed by atoms with van der Waals surface area (Å²) in [6, 6.07) is 18.6. The number of aromatic nitrogens is 1. The van der Waals surface area contributed by atoms with E-state index in [9.17, 15) is 9.59 Å². The lowest BCUT2D eigenvalue weighted by Gasteiger charge is -2.17. The molecular weight excluding hydrogens is 326 g/mol. The summed E-state index contributed by atoms with van der Waals surface area (Å²) >= 11 is 0. The van der Waals surface area contributed by atoms with Crippen LogP contribution in [-0.4, -0.2) is 22.8 Å². The molecule has 0 fully saturated rings. The minimum Gasteiger partial charge on any atom is -0.462 e. The van der Waals surface area contributed by atoms with Crippen LogP contribution < -0.4 is 0 Å². The van der Waals surface area contributed by atoms with Crippen molar-refractivity contribution in [1.29, 1.82) is 0 Å². The van der Waals surface area contributed by atoms with E-state index in [1.54, 1.807) is 44.3 Å². The molecule has 0 bridgehead atoms. The molecule has 0 aliphatic heterocycles. The number of ether oxygens (including phenoxy) is 1. The first kappa shape index (κ1) is 17.8. The molecule has 26 heavy (non-hydrogen) atoms. The number of nitrogens with zero attached hydrogens (tertiary/aromatic N) is 1. The largest absolute Gasteiger partial charge is 0.462 e. The number of Topliss-reactive ketones (excluding diaryl/α,β-unsaturated/α-hetero) is 1. The fraction of sp³-hybridized carbons (Fsp3) is 0.227. The number of pyridine rings is 1. The SMILES string of the molecule is CC(C)OC(=O)C(Cc1nccc2ccccc12)C(=O)c1ccccc1. The molecule has 0 spiro atoms. The minimum absolute atomic E-state index is 0.209. The van der Waals surface area contributed by atoms with Gasteiger partial charge < -0.3 is 4.74 Å². The van der Waals surface area contributed by atoms with Crippen molar-refractivity contribution in [2.75, 3.05) is 0 Å². The number of carbonyl (C=O) groups excluding carboxylic acids is 2. The average molecular weight is 347 g/mol. The van der Waals surface area contributed by atoms with E-state index in [-0.39, 0.29) is 18.3 Å². The maximum Gasteiger partial charge on any atom is 0.317 e. The third kappa shape index (κ3) is 3.97. The van der Waals surface area contributed by atoms with E-state index >= 15 is 0 Å². The lowest BCUT2D eigenvalue weighted by molar-refractivity contribution is -0.150. The fourth-order valence-corrected chi connectivity index (χ4v) is 2.94. The number of esters is 1. The number of ketones is 1. The Morgan fingerprint density at radius 2 is 1.65 bits per heavy atom. The van der Waals surface area contributed by atoms with Crippen molar-refractivity contribution < 1.29 is 14.3 Å². The summed E-state index contributed by atoms with van der Waals surface area (Å²) in [5, 5.41) is 1.97. The minimum atomic E-state index is -0.918. The molecule has 0 saturated carbocycles. The van der Waals surface area contributed by atoms with Gasteiger partial charge in [-0.15, -0.1) is 0 Å². The van der Waals surface area contributed by atoms with Gasteiger partial charge in [-0.05, 0) is 25.3 Å². The van der Waals surface area contributed by atoms with Crippen LogP contribution in [0.4, 0.5) is 0 Å². The number of fused-ring (bicyclic) bond motifs is 1. The Morgan fingerprint density at radius 1 is 0.962 bits per heavy atom. The van der Waals surface area contributed by atoms with Gasteiger partial charge in [-0.3, -0.25) is 14.6 Å². The number of hydrogen-bond donors (Lipinski definition) is 0. The van der Waals surface area contributed by atoms with E-state index in [0.717, 1.165) is 16.5 Å². The molecule has 132 valence electrons.